The van der Waals surface area contributed by atoms with E-state index in [1.165, 1.54) is 7.11 Å². The maximum absolute atomic E-state index is 12.2. The molecular weight excluding hydrogens is 262 g/mol. The van der Waals surface area contributed by atoms with E-state index in [9.17, 15) is 9.59 Å². The molecule has 0 aromatic carbocycles. The minimum atomic E-state index is -1.08. The first-order valence-electron chi connectivity index (χ1n) is 6.29. The van der Waals surface area contributed by atoms with Crippen molar-refractivity contribution in [3.8, 4) is 0 Å². The quantitative estimate of drug-likeness (QED) is 0.875. The van der Waals surface area contributed by atoms with Gasteiger partial charge in [0.15, 0.2) is 0 Å². The molecule has 1 heterocycles. The molecule has 0 spiro atoms. The van der Waals surface area contributed by atoms with Gasteiger partial charge in [-0.15, -0.1) is 0 Å². The lowest BCUT2D eigenvalue weighted by atomic mass is 10.0. The zero-order chi connectivity index (χ0) is 15.5. The number of carbonyl (C=O) groups is 2. The highest BCUT2D eigenvalue weighted by molar-refractivity contribution is 5.89. The third-order valence-corrected chi connectivity index (χ3v) is 3.04. The molecule has 0 aliphatic heterocycles. The van der Waals surface area contributed by atoms with E-state index in [0.717, 1.165) is 11.3 Å². The predicted molar refractivity (Wildman–Crippen MR) is 72.2 cm³/mol. The molecule has 1 atom stereocenters. The number of hydrogen-bond donors (Lipinski definition) is 2. The van der Waals surface area contributed by atoms with E-state index in [2.05, 4.69) is 20.5 Å². The van der Waals surface area contributed by atoms with Crippen LogP contribution in [0.2, 0.25) is 0 Å². The summed E-state index contributed by atoms with van der Waals surface area (Å²) in [7, 11) is 1.25. The van der Waals surface area contributed by atoms with Crippen LogP contribution >= 0.6 is 0 Å². The fourth-order valence-electron chi connectivity index (χ4n) is 1.92. The van der Waals surface area contributed by atoms with Crippen LogP contribution in [0.4, 0.5) is 4.79 Å². The van der Waals surface area contributed by atoms with Crippen molar-refractivity contribution >= 4 is 12.0 Å². The summed E-state index contributed by atoms with van der Waals surface area (Å²) in [5, 5.41) is 9.15. The van der Waals surface area contributed by atoms with Gasteiger partial charge in [0.2, 0.25) is 5.91 Å². The maximum atomic E-state index is 12.2. The molecule has 20 heavy (non-hydrogen) atoms. The summed E-state index contributed by atoms with van der Waals surface area (Å²) >= 11 is 0. The second-order valence-corrected chi connectivity index (χ2v) is 5.17. The molecule has 7 nitrogen and oxygen atoms in total. The predicted octanol–water partition coefficient (Wildman–Crippen LogP) is 1.60. The van der Waals surface area contributed by atoms with E-state index < -0.39 is 11.6 Å². The molecule has 1 rings (SSSR count). The number of nitrogens with one attached hydrogen (secondary N) is 2. The van der Waals surface area contributed by atoms with Crippen LogP contribution < -0.4 is 10.6 Å². The molecule has 0 saturated carbocycles. The maximum Gasteiger partial charge on any atom is 0.407 e. The number of methoxy groups -OCH3 is 1. The fourth-order valence-corrected chi connectivity index (χ4v) is 1.92. The minimum absolute atomic E-state index is 0.271. The van der Waals surface area contributed by atoms with Crippen molar-refractivity contribution in [2.45, 2.75) is 46.2 Å². The fraction of sp³-hybridized carbons (Fsp3) is 0.615. The minimum Gasteiger partial charge on any atom is -0.453 e. The van der Waals surface area contributed by atoms with Gasteiger partial charge in [0.25, 0.3) is 0 Å². The highest BCUT2D eigenvalue weighted by Gasteiger charge is 2.31. The number of alkyl carbamates (subject to hydrolysis) is 1. The molecule has 1 aromatic heterocycles. The van der Waals surface area contributed by atoms with Crippen LogP contribution in [0.1, 0.15) is 43.8 Å². The van der Waals surface area contributed by atoms with Gasteiger partial charge in [-0.3, -0.25) is 4.79 Å². The molecule has 0 aliphatic carbocycles. The van der Waals surface area contributed by atoms with Gasteiger partial charge >= 0.3 is 6.09 Å². The molecule has 0 bridgehead atoms. The van der Waals surface area contributed by atoms with Gasteiger partial charge in [-0.2, -0.15) is 0 Å². The number of carbonyl (C=O) groups excluding carboxylic acids is 2. The topological polar surface area (TPSA) is 93.5 Å². The van der Waals surface area contributed by atoms with Gasteiger partial charge in [0, 0.05) is 5.56 Å². The lowest BCUT2D eigenvalue weighted by Gasteiger charge is -2.26. The smallest absolute Gasteiger partial charge is 0.407 e. The Morgan fingerprint density at radius 1 is 1.35 bits per heavy atom. The average Bonchev–Trinajstić information content (AvgIpc) is 2.68. The van der Waals surface area contributed by atoms with Crippen LogP contribution in [-0.4, -0.2) is 29.8 Å². The molecule has 0 fully saturated rings. The van der Waals surface area contributed by atoms with Crippen LogP contribution in [0.15, 0.2) is 4.52 Å². The normalized spacial score (nSPS) is 12.7. The molecule has 0 saturated heterocycles. The largest absolute Gasteiger partial charge is 0.453 e. The Morgan fingerprint density at radius 3 is 2.40 bits per heavy atom. The number of nitrogens with zero attached hydrogens (tertiary/aromatic N) is 1. The first kappa shape index (κ1) is 16.0. The molecule has 1 aromatic rings. The monoisotopic (exact) mass is 283 g/mol. The van der Waals surface area contributed by atoms with Crippen molar-refractivity contribution in [1.82, 2.24) is 15.8 Å². The highest BCUT2D eigenvalue weighted by Crippen LogP contribution is 2.21. The van der Waals surface area contributed by atoms with Crippen molar-refractivity contribution in [1.29, 1.82) is 0 Å². The van der Waals surface area contributed by atoms with Gasteiger partial charge in [0.05, 0.1) is 18.8 Å². The van der Waals surface area contributed by atoms with E-state index in [0.29, 0.717) is 5.76 Å². The first-order chi connectivity index (χ1) is 9.19. The highest BCUT2D eigenvalue weighted by atomic mass is 16.5. The third kappa shape index (κ3) is 3.49. The Bertz CT molecular complexity index is 488. The summed E-state index contributed by atoms with van der Waals surface area (Å²) in [6.45, 7) is 8.62. The number of hydrogen-bond acceptors (Lipinski definition) is 5. The second-order valence-electron chi connectivity index (χ2n) is 5.17. The number of rotatable bonds is 4. The Labute approximate surface area is 118 Å². The van der Waals surface area contributed by atoms with Crippen molar-refractivity contribution in [3.63, 3.8) is 0 Å². The molecule has 112 valence electrons. The van der Waals surface area contributed by atoms with Crippen molar-refractivity contribution in [2.24, 2.45) is 0 Å². The zero-order valence-corrected chi connectivity index (χ0v) is 12.7. The van der Waals surface area contributed by atoms with Gasteiger partial charge in [0.1, 0.15) is 11.3 Å². The number of aromatic nitrogens is 1. The molecule has 2 N–H and O–H groups in total. The Balaban J connectivity index is 2.77. The number of aryl methyl sites for hydroxylation is 2. The first-order valence-corrected chi connectivity index (χ1v) is 6.29. The lowest BCUT2D eigenvalue weighted by Crippen LogP contribution is -2.55. The molecule has 0 unspecified atom stereocenters. The van der Waals surface area contributed by atoms with E-state index in [4.69, 9.17) is 4.52 Å². The van der Waals surface area contributed by atoms with Crippen LogP contribution in [0.25, 0.3) is 0 Å². The van der Waals surface area contributed by atoms with Crippen molar-refractivity contribution < 1.29 is 18.8 Å². The van der Waals surface area contributed by atoms with Crippen LogP contribution in [0, 0.1) is 13.8 Å². The second kappa shape index (κ2) is 5.94. The van der Waals surface area contributed by atoms with Gasteiger partial charge in [-0.1, -0.05) is 5.16 Å². The Hall–Kier alpha value is -2.05. The van der Waals surface area contributed by atoms with E-state index in [1.807, 2.05) is 13.8 Å². The van der Waals surface area contributed by atoms with Crippen molar-refractivity contribution in [2.75, 3.05) is 7.11 Å². The molecule has 2 amide bonds. The van der Waals surface area contributed by atoms with E-state index >= 15 is 0 Å². The summed E-state index contributed by atoms with van der Waals surface area (Å²) in [6.07, 6.45) is -0.657. The average molecular weight is 283 g/mol. The molecule has 0 radical (unpaired) electrons. The van der Waals surface area contributed by atoms with Crippen LogP contribution in [-0.2, 0) is 9.53 Å². The molecule has 0 aliphatic rings. The summed E-state index contributed by atoms with van der Waals surface area (Å²) in [4.78, 5) is 23.4. The van der Waals surface area contributed by atoms with Crippen LogP contribution in [0.3, 0.4) is 0 Å². The van der Waals surface area contributed by atoms with E-state index in [1.54, 1.807) is 20.8 Å². The van der Waals surface area contributed by atoms with Gasteiger partial charge in [-0.25, -0.2) is 4.79 Å². The SMILES string of the molecule is COC(=O)NC(C)(C)C(=O)N[C@@H](C)c1c(C)noc1C. The number of amides is 2. The van der Waals surface area contributed by atoms with Crippen molar-refractivity contribution in [3.05, 3.63) is 17.0 Å². The molecular formula is C13H21N3O4. The summed E-state index contributed by atoms with van der Waals surface area (Å²) < 4.78 is 9.57. The van der Waals surface area contributed by atoms with Gasteiger partial charge in [-0.05, 0) is 34.6 Å². The standard InChI is InChI=1S/C13H21N3O4/c1-7(10-8(2)16-20-9(10)3)14-11(17)13(4,5)15-12(18)19-6/h7H,1-6H3,(H,14,17)(H,15,18)/t7-/m0/s1. The number of ether oxygens (including phenoxy) is 1. The Morgan fingerprint density at radius 2 is 1.95 bits per heavy atom. The third-order valence-electron chi connectivity index (χ3n) is 3.04. The summed E-state index contributed by atoms with van der Waals surface area (Å²) in [6, 6.07) is -0.271. The van der Waals surface area contributed by atoms with E-state index in [-0.39, 0.29) is 11.9 Å². The van der Waals surface area contributed by atoms with Gasteiger partial charge < -0.3 is 19.9 Å². The Kier molecular flexibility index (Phi) is 4.75. The lowest BCUT2D eigenvalue weighted by molar-refractivity contribution is -0.126. The van der Waals surface area contributed by atoms with Crippen LogP contribution in [0.5, 0.6) is 0 Å². The molecule has 7 heteroatoms. The zero-order valence-electron chi connectivity index (χ0n) is 12.7. The summed E-state index contributed by atoms with van der Waals surface area (Å²) in [5.74, 6) is 0.337. The summed E-state index contributed by atoms with van der Waals surface area (Å²) in [5.41, 5.74) is 0.488.